The van der Waals surface area contributed by atoms with Crippen LogP contribution in [0.2, 0.25) is 0 Å². The average Bonchev–Trinajstić information content (AvgIpc) is 3.17. The quantitative estimate of drug-likeness (QED) is 0.567. The lowest BCUT2D eigenvalue weighted by Crippen LogP contribution is -2.41. The maximum Gasteiger partial charge on any atom is 0.236 e. The summed E-state index contributed by atoms with van der Waals surface area (Å²) in [6.45, 7) is 6.80. The molecule has 106 valence electrons. The molecular weight excluding hydrogens is 230 g/mol. The van der Waals surface area contributed by atoms with E-state index in [1.54, 1.807) is 7.11 Å². The third-order valence-electron chi connectivity index (χ3n) is 3.27. The van der Waals surface area contributed by atoms with Gasteiger partial charge in [0.2, 0.25) is 5.91 Å². The van der Waals surface area contributed by atoms with E-state index in [9.17, 15) is 4.79 Å². The fourth-order valence-corrected chi connectivity index (χ4v) is 1.95. The molecule has 0 radical (unpaired) electrons. The number of nitrogens with zero attached hydrogens (tertiary/aromatic N) is 2. The van der Waals surface area contributed by atoms with Crippen LogP contribution < -0.4 is 5.32 Å². The predicted octanol–water partition coefficient (Wildman–Crippen LogP) is 0.165. The summed E-state index contributed by atoms with van der Waals surface area (Å²) in [6, 6.07) is 0.522. The second-order valence-corrected chi connectivity index (χ2v) is 4.88. The summed E-state index contributed by atoms with van der Waals surface area (Å²) >= 11 is 0. The van der Waals surface area contributed by atoms with Gasteiger partial charge in [-0.1, -0.05) is 0 Å². The van der Waals surface area contributed by atoms with Gasteiger partial charge >= 0.3 is 0 Å². The van der Waals surface area contributed by atoms with Gasteiger partial charge in [0.05, 0.1) is 13.2 Å². The number of methoxy groups -OCH3 is 1. The van der Waals surface area contributed by atoms with E-state index in [1.165, 1.54) is 12.8 Å². The van der Waals surface area contributed by atoms with Crippen LogP contribution in [0.15, 0.2) is 0 Å². The van der Waals surface area contributed by atoms with Gasteiger partial charge < -0.3 is 19.9 Å². The normalized spacial score (nSPS) is 15.1. The highest BCUT2D eigenvalue weighted by Gasteiger charge is 2.30. The molecule has 0 aromatic rings. The van der Waals surface area contributed by atoms with Crippen molar-refractivity contribution in [2.45, 2.75) is 25.8 Å². The molecule has 1 fully saturated rings. The van der Waals surface area contributed by atoms with Crippen molar-refractivity contribution in [3.8, 4) is 0 Å². The molecule has 0 atom stereocenters. The van der Waals surface area contributed by atoms with E-state index in [-0.39, 0.29) is 5.91 Å². The van der Waals surface area contributed by atoms with E-state index >= 15 is 0 Å². The SMILES string of the molecule is CCN(C(=O)CNCCN(C)CCOC)C1CC1. The van der Waals surface area contributed by atoms with Crippen molar-refractivity contribution in [2.75, 3.05) is 53.5 Å². The number of likely N-dealkylation sites (N-methyl/N-ethyl adjacent to an activating group) is 2. The Morgan fingerprint density at radius 2 is 2.11 bits per heavy atom. The minimum Gasteiger partial charge on any atom is -0.383 e. The molecule has 1 N–H and O–H groups in total. The molecule has 1 aliphatic rings. The van der Waals surface area contributed by atoms with E-state index < -0.39 is 0 Å². The van der Waals surface area contributed by atoms with Gasteiger partial charge in [-0.05, 0) is 26.8 Å². The van der Waals surface area contributed by atoms with Crippen molar-refractivity contribution in [3.05, 3.63) is 0 Å². The first-order valence-corrected chi connectivity index (χ1v) is 6.86. The predicted molar refractivity (Wildman–Crippen MR) is 72.7 cm³/mol. The zero-order valence-electron chi connectivity index (χ0n) is 11.9. The molecule has 1 rings (SSSR count). The summed E-state index contributed by atoms with van der Waals surface area (Å²) in [5.74, 6) is 0.236. The number of carbonyl (C=O) groups excluding carboxylic acids is 1. The molecule has 0 aromatic carbocycles. The number of ether oxygens (including phenoxy) is 1. The molecule has 0 saturated heterocycles. The highest BCUT2D eigenvalue weighted by Crippen LogP contribution is 2.26. The largest absolute Gasteiger partial charge is 0.383 e. The molecule has 1 amide bonds. The number of carbonyl (C=O) groups is 1. The lowest BCUT2D eigenvalue weighted by molar-refractivity contribution is -0.130. The summed E-state index contributed by atoms with van der Waals surface area (Å²) in [5.41, 5.74) is 0. The molecule has 0 aromatic heterocycles. The number of hydrogen-bond acceptors (Lipinski definition) is 4. The average molecular weight is 257 g/mol. The molecule has 1 aliphatic carbocycles. The molecule has 0 spiro atoms. The van der Waals surface area contributed by atoms with Crippen LogP contribution in [0, 0.1) is 0 Å². The van der Waals surface area contributed by atoms with Crippen molar-refractivity contribution in [3.63, 3.8) is 0 Å². The van der Waals surface area contributed by atoms with Crippen molar-refractivity contribution >= 4 is 5.91 Å². The number of nitrogens with one attached hydrogen (secondary N) is 1. The Hall–Kier alpha value is -0.650. The molecular formula is C13H27N3O2. The molecule has 0 heterocycles. The van der Waals surface area contributed by atoms with Crippen LogP contribution in [0.3, 0.4) is 0 Å². The van der Waals surface area contributed by atoms with E-state index in [1.807, 2.05) is 4.90 Å². The highest BCUT2D eigenvalue weighted by molar-refractivity contribution is 5.78. The second kappa shape index (κ2) is 8.45. The van der Waals surface area contributed by atoms with Crippen molar-refractivity contribution in [2.24, 2.45) is 0 Å². The Balaban J connectivity index is 2.04. The fourth-order valence-electron chi connectivity index (χ4n) is 1.95. The lowest BCUT2D eigenvalue weighted by atomic mass is 10.4. The van der Waals surface area contributed by atoms with Gasteiger partial charge in [0.15, 0.2) is 0 Å². The van der Waals surface area contributed by atoms with Crippen molar-refractivity contribution < 1.29 is 9.53 Å². The van der Waals surface area contributed by atoms with Crippen LogP contribution in [0.5, 0.6) is 0 Å². The van der Waals surface area contributed by atoms with E-state index in [2.05, 4.69) is 24.2 Å². The van der Waals surface area contributed by atoms with Crippen molar-refractivity contribution in [1.29, 1.82) is 0 Å². The summed E-state index contributed by atoms with van der Waals surface area (Å²) in [6.07, 6.45) is 2.36. The van der Waals surface area contributed by atoms with E-state index in [0.717, 1.165) is 32.8 Å². The summed E-state index contributed by atoms with van der Waals surface area (Å²) in [5, 5.41) is 3.22. The first kappa shape index (κ1) is 15.4. The van der Waals surface area contributed by atoms with Crippen LogP contribution >= 0.6 is 0 Å². The third kappa shape index (κ3) is 5.80. The molecule has 18 heavy (non-hydrogen) atoms. The molecule has 0 aliphatic heterocycles. The van der Waals surface area contributed by atoms with Crippen LogP contribution in [0.1, 0.15) is 19.8 Å². The Kier molecular flexibility index (Phi) is 7.23. The van der Waals surface area contributed by atoms with Gasteiger partial charge in [-0.3, -0.25) is 4.79 Å². The molecule has 0 unspecified atom stereocenters. The Morgan fingerprint density at radius 1 is 1.39 bits per heavy atom. The zero-order chi connectivity index (χ0) is 13.4. The zero-order valence-corrected chi connectivity index (χ0v) is 11.9. The minimum absolute atomic E-state index is 0.236. The molecule has 1 saturated carbocycles. The van der Waals surface area contributed by atoms with Gasteiger partial charge in [-0.15, -0.1) is 0 Å². The van der Waals surface area contributed by atoms with E-state index in [0.29, 0.717) is 12.6 Å². The van der Waals surface area contributed by atoms with Gasteiger partial charge in [-0.25, -0.2) is 0 Å². The van der Waals surface area contributed by atoms with Crippen LogP contribution in [-0.4, -0.2) is 75.2 Å². The van der Waals surface area contributed by atoms with E-state index in [4.69, 9.17) is 4.74 Å². The van der Waals surface area contributed by atoms with Crippen LogP contribution in [0.25, 0.3) is 0 Å². The van der Waals surface area contributed by atoms with Crippen LogP contribution in [-0.2, 0) is 9.53 Å². The highest BCUT2D eigenvalue weighted by atomic mass is 16.5. The molecule has 5 heteroatoms. The molecule has 5 nitrogen and oxygen atoms in total. The Bertz CT molecular complexity index is 244. The number of amides is 1. The first-order chi connectivity index (χ1) is 8.69. The molecule has 0 bridgehead atoms. The van der Waals surface area contributed by atoms with Gasteiger partial charge in [0.25, 0.3) is 0 Å². The fraction of sp³-hybridized carbons (Fsp3) is 0.923. The van der Waals surface area contributed by atoms with Gasteiger partial charge in [0.1, 0.15) is 0 Å². The van der Waals surface area contributed by atoms with Gasteiger partial charge in [-0.2, -0.15) is 0 Å². The monoisotopic (exact) mass is 257 g/mol. The maximum atomic E-state index is 11.9. The lowest BCUT2D eigenvalue weighted by Gasteiger charge is -2.21. The minimum atomic E-state index is 0.236. The van der Waals surface area contributed by atoms with Crippen LogP contribution in [0.4, 0.5) is 0 Å². The second-order valence-electron chi connectivity index (χ2n) is 4.88. The third-order valence-corrected chi connectivity index (χ3v) is 3.27. The summed E-state index contributed by atoms with van der Waals surface area (Å²) in [4.78, 5) is 16.1. The Labute approximate surface area is 110 Å². The first-order valence-electron chi connectivity index (χ1n) is 6.86. The summed E-state index contributed by atoms with van der Waals surface area (Å²) in [7, 11) is 3.77. The number of hydrogen-bond donors (Lipinski definition) is 1. The maximum absolute atomic E-state index is 11.9. The van der Waals surface area contributed by atoms with Crippen molar-refractivity contribution in [1.82, 2.24) is 15.1 Å². The number of rotatable bonds is 10. The topological polar surface area (TPSA) is 44.8 Å². The smallest absolute Gasteiger partial charge is 0.236 e. The Morgan fingerprint density at radius 3 is 2.67 bits per heavy atom. The standard InChI is InChI=1S/C13H27N3O2/c1-4-16(12-5-6-12)13(17)11-14-7-8-15(2)9-10-18-3/h12,14H,4-11H2,1-3H3. The van der Waals surface area contributed by atoms with Gasteiger partial charge in [0, 0.05) is 39.3 Å². The summed E-state index contributed by atoms with van der Waals surface area (Å²) < 4.78 is 5.01.